The number of thiazole rings is 1. The lowest BCUT2D eigenvalue weighted by Crippen LogP contribution is -2.39. The summed E-state index contributed by atoms with van der Waals surface area (Å²) < 4.78 is 44.9. The summed E-state index contributed by atoms with van der Waals surface area (Å²) in [6.07, 6.45) is 0.652. The molecule has 0 saturated carbocycles. The normalized spacial score (nSPS) is 14.4. The highest BCUT2D eigenvalue weighted by molar-refractivity contribution is 7.22. The highest BCUT2D eigenvalue weighted by Crippen LogP contribution is 2.40. The predicted molar refractivity (Wildman–Crippen MR) is 123 cm³/mol. The molecule has 0 aliphatic carbocycles. The first-order valence-corrected chi connectivity index (χ1v) is 11.4. The molecule has 1 fully saturated rings. The van der Waals surface area contributed by atoms with Gasteiger partial charge in [0.2, 0.25) is 0 Å². The fourth-order valence-corrected chi connectivity index (χ4v) is 4.86. The van der Waals surface area contributed by atoms with Gasteiger partial charge in [0.25, 0.3) is 5.91 Å². The molecule has 0 radical (unpaired) electrons. The van der Waals surface area contributed by atoms with Crippen LogP contribution in [0.2, 0.25) is 0 Å². The van der Waals surface area contributed by atoms with Crippen LogP contribution in [0.25, 0.3) is 10.2 Å². The summed E-state index contributed by atoms with van der Waals surface area (Å²) in [5.41, 5.74) is 0.350. The van der Waals surface area contributed by atoms with Crippen molar-refractivity contribution in [3.05, 3.63) is 47.5 Å². The fraction of sp³-hybridized carbons (Fsp3) is 0.391. The minimum atomic E-state index is -0.908. The summed E-state index contributed by atoms with van der Waals surface area (Å²) in [4.78, 5) is 21.7. The molecular weight excluding hydrogens is 452 g/mol. The van der Waals surface area contributed by atoms with Crippen LogP contribution in [0, 0.1) is 11.6 Å². The number of hydrogen-bond donors (Lipinski definition) is 0. The Hall–Kier alpha value is -2.82. The molecule has 2 aromatic carbocycles. The first kappa shape index (κ1) is 23.3. The van der Waals surface area contributed by atoms with E-state index in [1.807, 2.05) is 0 Å². The monoisotopic (exact) mass is 477 g/mol. The molecule has 4 rings (SSSR count). The highest BCUT2D eigenvalue weighted by Gasteiger charge is 2.26. The third-order valence-corrected chi connectivity index (χ3v) is 6.59. The molecule has 0 atom stereocenters. The molecule has 1 amide bonds. The third kappa shape index (κ3) is 5.07. The Labute approximate surface area is 194 Å². The summed E-state index contributed by atoms with van der Waals surface area (Å²) in [5, 5.41) is 0.392. The number of fused-ring (bicyclic) bond motifs is 1. The van der Waals surface area contributed by atoms with E-state index in [-0.39, 0.29) is 5.56 Å². The van der Waals surface area contributed by atoms with Crippen LogP contribution < -0.4 is 14.4 Å². The molecule has 1 aliphatic heterocycles. The molecular formula is C23H25F2N3O4S. The molecule has 0 unspecified atom stereocenters. The molecule has 10 heteroatoms. The van der Waals surface area contributed by atoms with Crippen molar-refractivity contribution in [2.75, 3.05) is 58.5 Å². The predicted octanol–water partition coefficient (Wildman–Crippen LogP) is 3.96. The van der Waals surface area contributed by atoms with E-state index in [1.54, 1.807) is 26.4 Å². The second-order valence-corrected chi connectivity index (χ2v) is 8.51. The number of carbonyl (C=O) groups excluding carboxylic acids is 1. The maximum absolute atomic E-state index is 14.5. The topological polar surface area (TPSA) is 64.1 Å². The van der Waals surface area contributed by atoms with E-state index >= 15 is 0 Å². The van der Waals surface area contributed by atoms with Gasteiger partial charge in [-0.2, -0.15) is 0 Å². The van der Waals surface area contributed by atoms with Crippen LogP contribution in [0.5, 0.6) is 11.5 Å². The van der Waals surface area contributed by atoms with Crippen molar-refractivity contribution in [3.63, 3.8) is 0 Å². The van der Waals surface area contributed by atoms with Crippen molar-refractivity contribution in [1.82, 2.24) is 9.88 Å². The van der Waals surface area contributed by atoms with Crippen LogP contribution >= 0.6 is 11.3 Å². The zero-order chi connectivity index (χ0) is 23.4. The van der Waals surface area contributed by atoms with Gasteiger partial charge in [-0.15, -0.1) is 0 Å². The van der Waals surface area contributed by atoms with Crippen molar-refractivity contribution in [2.45, 2.75) is 6.42 Å². The van der Waals surface area contributed by atoms with E-state index in [0.717, 1.165) is 36.5 Å². The number of amides is 1. The lowest BCUT2D eigenvalue weighted by Gasteiger charge is -2.27. The standard InChI is InChI=1S/C23H25F2N3O4S/c1-30-18-6-7-19(31-2)21-20(18)26-23(33-21)28(9-3-8-27-10-12-32-13-11-27)22(29)16-5-4-15(24)14-17(16)25/h4-7,14H,3,8-13H2,1-2H3. The molecule has 7 nitrogen and oxygen atoms in total. The van der Waals surface area contributed by atoms with E-state index in [9.17, 15) is 13.6 Å². The number of halogens is 2. The van der Waals surface area contributed by atoms with E-state index in [4.69, 9.17) is 14.2 Å². The third-order valence-electron chi connectivity index (χ3n) is 5.50. The number of morpholine rings is 1. The number of nitrogens with zero attached hydrogens (tertiary/aromatic N) is 3. The second kappa shape index (κ2) is 10.4. The molecule has 2 heterocycles. The summed E-state index contributed by atoms with van der Waals surface area (Å²) in [6, 6.07) is 6.47. The first-order chi connectivity index (χ1) is 16.0. The second-order valence-electron chi connectivity index (χ2n) is 7.53. The number of ether oxygens (including phenoxy) is 3. The van der Waals surface area contributed by atoms with E-state index in [2.05, 4.69) is 9.88 Å². The summed E-state index contributed by atoms with van der Waals surface area (Å²) in [6.45, 7) is 4.10. The van der Waals surface area contributed by atoms with E-state index < -0.39 is 17.5 Å². The van der Waals surface area contributed by atoms with Crippen LogP contribution in [0.3, 0.4) is 0 Å². The van der Waals surface area contributed by atoms with Crippen LogP contribution in [-0.4, -0.2) is 69.4 Å². The van der Waals surface area contributed by atoms with Crippen molar-refractivity contribution < 1.29 is 27.8 Å². The number of carbonyl (C=O) groups is 1. The number of rotatable bonds is 8. The summed E-state index contributed by atoms with van der Waals surface area (Å²) in [7, 11) is 3.10. The van der Waals surface area contributed by atoms with Gasteiger partial charge in [0, 0.05) is 32.2 Å². The maximum Gasteiger partial charge on any atom is 0.263 e. The van der Waals surface area contributed by atoms with Crippen molar-refractivity contribution in [3.8, 4) is 11.5 Å². The fourth-order valence-electron chi connectivity index (χ4n) is 3.76. The smallest absolute Gasteiger partial charge is 0.263 e. The minimum absolute atomic E-state index is 0.207. The molecule has 1 aliphatic rings. The molecule has 0 bridgehead atoms. The zero-order valence-electron chi connectivity index (χ0n) is 18.5. The number of anilines is 1. The summed E-state index contributed by atoms with van der Waals surface area (Å²) >= 11 is 1.26. The van der Waals surface area contributed by atoms with Crippen LogP contribution in [0.1, 0.15) is 16.8 Å². The SMILES string of the molecule is COc1ccc(OC)c2sc(N(CCCN3CCOCC3)C(=O)c3ccc(F)cc3F)nc12. The van der Waals surface area contributed by atoms with Crippen molar-refractivity contribution in [2.24, 2.45) is 0 Å². The van der Waals surface area contributed by atoms with E-state index in [1.165, 1.54) is 16.2 Å². The van der Waals surface area contributed by atoms with Gasteiger partial charge in [0.1, 0.15) is 33.4 Å². The Kier molecular flexibility index (Phi) is 7.36. The van der Waals surface area contributed by atoms with Gasteiger partial charge in [-0.05, 0) is 30.7 Å². The number of hydrogen-bond acceptors (Lipinski definition) is 7. The highest BCUT2D eigenvalue weighted by atomic mass is 32.1. The van der Waals surface area contributed by atoms with Crippen LogP contribution in [0.4, 0.5) is 13.9 Å². The number of aromatic nitrogens is 1. The first-order valence-electron chi connectivity index (χ1n) is 10.6. The summed E-state index contributed by atoms with van der Waals surface area (Å²) in [5.74, 6) is -1.08. The largest absolute Gasteiger partial charge is 0.495 e. The van der Waals surface area contributed by atoms with Crippen molar-refractivity contribution in [1.29, 1.82) is 0 Å². The quantitative estimate of drug-likeness (QED) is 0.490. The van der Waals surface area contributed by atoms with Gasteiger partial charge < -0.3 is 14.2 Å². The molecule has 1 saturated heterocycles. The Morgan fingerprint density at radius 2 is 1.88 bits per heavy atom. The molecule has 0 spiro atoms. The Morgan fingerprint density at radius 3 is 2.58 bits per heavy atom. The van der Waals surface area contributed by atoms with Crippen LogP contribution in [-0.2, 0) is 4.74 Å². The maximum atomic E-state index is 14.5. The average molecular weight is 478 g/mol. The zero-order valence-corrected chi connectivity index (χ0v) is 19.3. The molecule has 33 heavy (non-hydrogen) atoms. The lowest BCUT2D eigenvalue weighted by molar-refractivity contribution is 0.0376. The number of methoxy groups -OCH3 is 2. The molecule has 176 valence electrons. The van der Waals surface area contributed by atoms with E-state index in [0.29, 0.717) is 54.4 Å². The van der Waals surface area contributed by atoms with Gasteiger partial charge in [-0.3, -0.25) is 14.6 Å². The Balaban J connectivity index is 1.67. The Bertz CT molecular complexity index is 1090. The molecule has 1 aromatic heterocycles. The van der Waals surface area contributed by atoms with Gasteiger partial charge in [0.05, 0.1) is 33.0 Å². The average Bonchev–Trinajstić information content (AvgIpc) is 3.26. The molecule has 0 N–H and O–H groups in total. The lowest BCUT2D eigenvalue weighted by atomic mass is 10.1. The Morgan fingerprint density at radius 1 is 1.15 bits per heavy atom. The minimum Gasteiger partial charge on any atom is -0.495 e. The number of benzene rings is 2. The van der Waals surface area contributed by atoms with Crippen LogP contribution in [0.15, 0.2) is 30.3 Å². The van der Waals surface area contributed by atoms with Gasteiger partial charge >= 0.3 is 0 Å². The van der Waals surface area contributed by atoms with Gasteiger partial charge in [-0.25, -0.2) is 13.8 Å². The van der Waals surface area contributed by atoms with Gasteiger partial charge in [-0.1, -0.05) is 11.3 Å². The van der Waals surface area contributed by atoms with Gasteiger partial charge in [0.15, 0.2) is 5.13 Å². The van der Waals surface area contributed by atoms with Crippen molar-refractivity contribution >= 4 is 32.6 Å². The molecule has 3 aromatic rings.